The molecule has 1 saturated heterocycles. The number of nitrogens with two attached hydrogens (primary N) is 1. The molecule has 1 atom stereocenters. The summed E-state index contributed by atoms with van der Waals surface area (Å²) in [7, 11) is 0. The Morgan fingerprint density at radius 3 is 3.19 bits per heavy atom. The van der Waals surface area contributed by atoms with E-state index in [0.717, 1.165) is 44.7 Å². The minimum absolute atomic E-state index is 0.253. The minimum Gasteiger partial charge on any atom is -0.380 e. The first-order chi connectivity index (χ1) is 7.73. The van der Waals surface area contributed by atoms with Crippen molar-refractivity contribution in [2.75, 3.05) is 13.2 Å². The summed E-state index contributed by atoms with van der Waals surface area (Å²) in [6, 6.07) is 0. The molecule has 1 aromatic rings. The second-order valence-electron chi connectivity index (χ2n) is 4.59. The number of rotatable bonds is 4. The number of ether oxygens (including phenoxy) is 1. The van der Waals surface area contributed by atoms with Gasteiger partial charge in [-0.15, -0.1) is 0 Å². The van der Waals surface area contributed by atoms with Gasteiger partial charge in [0, 0.05) is 25.1 Å². The lowest BCUT2D eigenvalue weighted by atomic mass is 9.90. The van der Waals surface area contributed by atoms with Gasteiger partial charge in [0.25, 0.3) is 0 Å². The molecule has 2 rings (SSSR count). The predicted octanol–water partition coefficient (Wildman–Crippen LogP) is 0.738. The van der Waals surface area contributed by atoms with E-state index in [9.17, 15) is 0 Å². The first-order valence-electron chi connectivity index (χ1n) is 5.97. The molecule has 0 bridgehead atoms. The Morgan fingerprint density at radius 1 is 1.62 bits per heavy atom. The van der Waals surface area contributed by atoms with Gasteiger partial charge in [0.15, 0.2) is 0 Å². The first-order valence-corrected chi connectivity index (χ1v) is 5.97. The maximum atomic E-state index is 6.31. The van der Waals surface area contributed by atoms with Crippen LogP contribution in [0.1, 0.15) is 32.0 Å². The third-order valence-electron chi connectivity index (χ3n) is 2.99. The molecule has 0 aliphatic carbocycles. The van der Waals surface area contributed by atoms with Crippen molar-refractivity contribution in [2.24, 2.45) is 5.73 Å². The van der Waals surface area contributed by atoms with Crippen molar-refractivity contribution in [3.63, 3.8) is 0 Å². The molecular weight excluding hydrogens is 204 g/mol. The molecule has 1 aromatic heterocycles. The van der Waals surface area contributed by atoms with Crippen LogP contribution in [0.5, 0.6) is 0 Å². The zero-order valence-electron chi connectivity index (χ0n) is 9.85. The molecule has 1 unspecified atom stereocenters. The highest BCUT2D eigenvalue weighted by atomic mass is 16.5. The second kappa shape index (κ2) is 4.93. The van der Waals surface area contributed by atoms with E-state index >= 15 is 0 Å². The van der Waals surface area contributed by atoms with Crippen molar-refractivity contribution in [3.8, 4) is 0 Å². The van der Waals surface area contributed by atoms with Crippen LogP contribution in [-0.2, 0) is 17.7 Å². The van der Waals surface area contributed by atoms with Gasteiger partial charge in [-0.05, 0) is 19.3 Å². The van der Waals surface area contributed by atoms with Gasteiger partial charge in [-0.25, -0.2) is 4.98 Å². The molecule has 16 heavy (non-hydrogen) atoms. The summed E-state index contributed by atoms with van der Waals surface area (Å²) in [6.45, 7) is 4.51. The Hall–Kier alpha value is -0.940. The van der Waals surface area contributed by atoms with Gasteiger partial charge in [0.05, 0.1) is 6.61 Å². The van der Waals surface area contributed by atoms with E-state index in [1.807, 2.05) is 4.68 Å². The van der Waals surface area contributed by atoms with E-state index in [-0.39, 0.29) is 5.54 Å². The van der Waals surface area contributed by atoms with Crippen LogP contribution < -0.4 is 5.73 Å². The number of hydrogen-bond acceptors (Lipinski definition) is 4. The number of hydrogen-bond donors (Lipinski definition) is 1. The Labute approximate surface area is 96.0 Å². The van der Waals surface area contributed by atoms with E-state index in [1.54, 1.807) is 6.33 Å². The molecule has 90 valence electrons. The fourth-order valence-electron chi connectivity index (χ4n) is 2.15. The van der Waals surface area contributed by atoms with Crippen molar-refractivity contribution in [1.82, 2.24) is 14.8 Å². The maximum Gasteiger partial charge on any atom is 0.138 e. The van der Waals surface area contributed by atoms with E-state index in [1.165, 1.54) is 0 Å². The summed E-state index contributed by atoms with van der Waals surface area (Å²) < 4.78 is 7.40. The van der Waals surface area contributed by atoms with Gasteiger partial charge in [0.1, 0.15) is 12.2 Å². The van der Waals surface area contributed by atoms with Crippen LogP contribution >= 0.6 is 0 Å². The summed E-state index contributed by atoms with van der Waals surface area (Å²) in [5.41, 5.74) is 6.06. The lowest BCUT2D eigenvalue weighted by Crippen LogP contribution is -2.49. The topological polar surface area (TPSA) is 66.0 Å². The van der Waals surface area contributed by atoms with Gasteiger partial charge in [-0.2, -0.15) is 5.10 Å². The fraction of sp³-hybridized carbons (Fsp3) is 0.818. The molecule has 0 saturated carbocycles. The molecule has 0 spiro atoms. The second-order valence-corrected chi connectivity index (χ2v) is 4.59. The summed E-state index contributed by atoms with van der Waals surface area (Å²) in [6.07, 6.45) is 5.47. The highest BCUT2D eigenvalue weighted by Gasteiger charge is 2.30. The molecule has 0 amide bonds. The molecule has 0 aromatic carbocycles. The van der Waals surface area contributed by atoms with E-state index in [2.05, 4.69) is 17.0 Å². The smallest absolute Gasteiger partial charge is 0.138 e. The molecule has 2 N–H and O–H groups in total. The number of nitrogens with zero attached hydrogens (tertiary/aromatic N) is 3. The van der Waals surface area contributed by atoms with Crippen LogP contribution in [-0.4, -0.2) is 33.5 Å². The van der Waals surface area contributed by atoms with Crippen molar-refractivity contribution in [3.05, 3.63) is 12.2 Å². The van der Waals surface area contributed by atoms with Crippen LogP contribution in [0.2, 0.25) is 0 Å². The highest BCUT2D eigenvalue weighted by Crippen LogP contribution is 2.20. The Balaban J connectivity index is 2.04. The Morgan fingerprint density at radius 2 is 2.50 bits per heavy atom. The first kappa shape index (κ1) is 11.5. The number of aromatic nitrogens is 3. The van der Waals surface area contributed by atoms with Crippen LogP contribution in [0.3, 0.4) is 0 Å². The third-order valence-corrected chi connectivity index (χ3v) is 2.99. The zero-order chi connectivity index (χ0) is 11.4. The van der Waals surface area contributed by atoms with Crippen molar-refractivity contribution < 1.29 is 4.74 Å². The molecular formula is C11H20N4O. The summed E-state index contributed by atoms with van der Waals surface area (Å²) in [5, 5.41) is 4.21. The van der Waals surface area contributed by atoms with Crippen LogP contribution in [0, 0.1) is 0 Å². The zero-order valence-corrected chi connectivity index (χ0v) is 9.85. The van der Waals surface area contributed by atoms with Gasteiger partial charge < -0.3 is 10.5 Å². The van der Waals surface area contributed by atoms with Crippen molar-refractivity contribution in [1.29, 1.82) is 0 Å². The van der Waals surface area contributed by atoms with E-state index in [0.29, 0.717) is 6.61 Å². The highest BCUT2D eigenvalue weighted by molar-refractivity contribution is 4.98. The largest absolute Gasteiger partial charge is 0.380 e. The fourth-order valence-corrected chi connectivity index (χ4v) is 2.15. The predicted molar refractivity (Wildman–Crippen MR) is 61.0 cm³/mol. The summed E-state index contributed by atoms with van der Waals surface area (Å²) in [4.78, 5) is 4.29. The minimum atomic E-state index is -0.253. The lowest BCUT2D eigenvalue weighted by molar-refractivity contribution is 0.0370. The normalized spacial score (nSPS) is 25.9. The third kappa shape index (κ3) is 2.59. The van der Waals surface area contributed by atoms with Crippen molar-refractivity contribution >= 4 is 0 Å². The Kier molecular flexibility index (Phi) is 3.56. The monoisotopic (exact) mass is 224 g/mol. The molecule has 1 aliphatic heterocycles. The maximum absolute atomic E-state index is 6.31. The van der Waals surface area contributed by atoms with Gasteiger partial charge >= 0.3 is 0 Å². The SMILES string of the molecule is CCCn1ncnc1CC1(N)CCCOC1. The van der Waals surface area contributed by atoms with E-state index in [4.69, 9.17) is 10.5 Å². The Bertz CT molecular complexity index is 330. The molecule has 2 heterocycles. The van der Waals surface area contributed by atoms with Crippen molar-refractivity contribution in [2.45, 2.75) is 44.7 Å². The number of aryl methyl sites for hydroxylation is 1. The molecule has 5 heteroatoms. The van der Waals surface area contributed by atoms with Gasteiger partial charge in [-0.3, -0.25) is 4.68 Å². The standard InChI is InChI=1S/C11H20N4O/c1-2-5-15-10(13-9-14-15)7-11(12)4-3-6-16-8-11/h9H,2-8,12H2,1H3. The molecule has 5 nitrogen and oxygen atoms in total. The van der Waals surface area contributed by atoms with E-state index < -0.39 is 0 Å². The quantitative estimate of drug-likeness (QED) is 0.819. The average molecular weight is 224 g/mol. The lowest BCUT2D eigenvalue weighted by Gasteiger charge is -2.32. The average Bonchev–Trinajstić information content (AvgIpc) is 2.67. The van der Waals surface area contributed by atoms with Gasteiger partial charge in [0.2, 0.25) is 0 Å². The molecule has 1 aliphatic rings. The molecule has 0 radical (unpaired) electrons. The van der Waals surface area contributed by atoms with Crippen LogP contribution in [0.4, 0.5) is 0 Å². The van der Waals surface area contributed by atoms with Gasteiger partial charge in [-0.1, -0.05) is 6.92 Å². The van der Waals surface area contributed by atoms with Crippen LogP contribution in [0.25, 0.3) is 0 Å². The van der Waals surface area contributed by atoms with Crippen LogP contribution in [0.15, 0.2) is 6.33 Å². The summed E-state index contributed by atoms with van der Waals surface area (Å²) in [5.74, 6) is 0.981. The summed E-state index contributed by atoms with van der Waals surface area (Å²) >= 11 is 0. The molecule has 1 fully saturated rings.